The second kappa shape index (κ2) is 10.1. The standard InChI is InChI=1S/C21H18N4O4S2/c1-12(2)11-30-21-24-20(31-25-21)23-18(26)15(10-22)9-16-6-7-17(29-16)13-4-3-5-14(8-13)19(27)28/h3-9,12H,11H2,1-2H3,(H,27,28)(H,23,24,25,26)/b15-9-. The fourth-order valence-electron chi connectivity index (χ4n) is 2.41. The lowest BCUT2D eigenvalue weighted by Crippen LogP contribution is -2.13. The molecule has 0 aliphatic heterocycles. The molecule has 1 amide bonds. The van der Waals surface area contributed by atoms with Crippen molar-refractivity contribution in [2.75, 3.05) is 11.1 Å². The third-order valence-corrected chi connectivity index (χ3v) is 5.87. The number of amides is 1. The highest BCUT2D eigenvalue weighted by molar-refractivity contribution is 7.99. The number of anilines is 1. The number of aromatic nitrogens is 2. The molecule has 0 unspecified atom stereocenters. The number of nitrogens with zero attached hydrogens (tertiary/aromatic N) is 3. The third-order valence-electron chi connectivity index (χ3n) is 3.85. The van der Waals surface area contributed by atoms with Crippen LogP contribution in [0.3, 0.4) is 0 Å². The van der Waals surface area contributed by atoms with Gasteiger partial charge in [0.2, 0.25) is 10.3 Å². The van der Waals surface area contributed by atoms with Crippen LogP contribution in [0.5, 0.6) is 0 Å². The van der Waals surface area contributed by atoms with E-state index in [-0.39, 0.29) is 16.9 Å². The molecule has 0 saturated carbocycles. The first-order chi connectivity index (χ1) is 14.9. The molecule has 0 atom stereocenters. The van der Waals surface area contributed by atoms with Gasteiger partial charge < -0.3 is 9.52 Å². The second-order valence-corrected chi connectivity index (χ2v) is 8.54. The number of hydrogen-bond donors (Lipinski definition) is 2. The Morgan fingerprint density at radius 3 is 2.87 bits per heavy atom. The number of carbonyl (C=O) groups excluding carboxylic acids is 1. The maximum atomic E-state index is 12.4. The number of carbonyl (C=O) groups is 2. The van der Waals surface area contributed by atoms with Crippen molar-refractivity contribution in [1.29, 1.82) is 5.26 Å². The van der Waals surface area contributed by atoms with Crippen LogP contribution in [0.2, 0.25) is 0 Å². The zero-order valence-corrected chi connectivity index (χ0v) is 18.3. The van der Waals surface area contributed by atoms with Gasteiger partial charge in [0, 0.05) is 28.9 Å². The molecule has 10 heteroatoms. The van der Waals surface area contributed by atoms with Crippen molar-refractivity contribution in [3.05, 3.63) is 53.3 Å². The van der Waals surface area contributed by atoms with E-state index >= 15 is 0 Å². The van der Waals surface area contributed by atoms with Gasteiger partial charge in [0.25, 0.3) is 5.91 Å². The fourth-order valence-corrected chi connectivity index (χ4v) is 3.90. The van der Waals surface area contributed by atoms with Gasteiger partial charge in [-0.25, -0.2) is 4.79 Å². The summed E-state index contributed by atoms with van der Waals surface area (Å²) in [6.45, 7) is 4.18. The van der Waals surface area contributed by atoms with Gasteiger partial charge in [-0.1, -0.05) is 37.7 Å². The van der Waals surface area contributed by atoms with Crippen molar-refractivity contribution < 1.29 is 19.1 Å². The van der Waals surface area contributed by atoms with Crippen LogP contribution in [0.15, 0.2) is 51.5 Å². The number of carboxylic acid groups (broad SMARTS) is 1. The summed E-state index contributed by atoms with van der Waals surface area (Å²) in [6.07, 6.45) is 1.31. The number of thioether (sulfide) groups is 1. The summed E-state index contributed by atoms with van der Waals surface area (Å²) in [5, 5.41) is 22.0. The zero-order chi connectivity index (χ0) is 22.4. The largest absolute Gasteiger partial charge is 0.478 e. The zero-order valence-electron chi connectivity index (χ0n) is 16.7. The van der Waals surface area contributed by atoms with E-state index in [4.69, 9.17) is 9.52 Å². The summed E-state index contributed by atoms with van der Waals surface area (Å²) in [5.41, 5.74) is 0.542. The molecule has 2 aromatic heterocycles. The lowest BCUT2D eigenvalue weighted by Gasteiger charge is -2.00. The molecule has 0 bridgehead atoms. The molecule has 0 radical (unpaired) electrons. The number of nitrogens with one attached hydrogen (secondary N) is 1. The monoisotopic (exact) mass is 454 g/mol. The Labute approximate surface area is 186 Å². The van der Waals surface area contributed by atoms with Crippen molar-refractivity contribution in [3.63, 3.8) is 0 Å². The number of furan rings is 1. The van der Waals surface area contributed by atoms with Crippen molar-refractivity contribution in [2.24, 2.45) is 5.92 Å². The Hall–Kier alpha value is -3.42. The summed E-state index contributed by atoms with van der Waals surface area (Å²) in [6, 6.07) is 11.4. The summed E-state index contributed by atoms with van der Waals surface area (Å²) < 4.78 is 9.85. The van der Waals surface area contributed by atoms with E-state index in [0.717, 1.165) is 17.3 Å². The van der Waals surface area contributed by atoms with E-state index in [1.165, 1.54) is 30.0 Å². The number of aromatic carboxylic acids is 1. The smallest absolute Gasteiger partial charge is 0.335 e. The molecule has 3 rings (SSSR count). The Kier molecular flexibility index (Phi) is 7.23. The first kappa shape index (κ1) is 22.3. The van der Waals surface area contributed by atoms with Crippen LogP contribution in [-0.4, -0.2) is 32.1 Å². The van der Waals surface area contributed by atoms with Gasteiger partial charge in [-0.3, -0.25) is 10.1 Å². The summed E-state index contributed by atoms with van der Waals surface area (Å²) >= 11 is 2.55. The average Bonchev–Trinajstić information content (AvgIpc) is 3.40. The molecule has 0 aliphatic rings. The van der Waals surface area contributed by atoms with Gasteiger partial charge >= 0.3 is 5.97 Å². The van der Waals surface area contributed by atoms with E-state index in [9.17, 15) is 14.9 Å². The van der Waals surface area contributed by atoms with E-state index in [1.54, 1.807) is 24.3 Å². The van der Waals surface area contributed by atoms with Gasteiger partial charge in [-0.2, -0.15) is 14.6 Å². The van der Waals surface area contributed by atoms with Crippen LogP contribution < -0.4 is 5.32 Å². The maximum Gasteiger partial charge on any atom is 0.335 e. The van der Waals surface area contributed by atoms with Gasteiger partial charge in [0.1, 0.15) is 23.2 Å². The van der Waals surface area contributed by atoms with E-state index in [2.05, 4.69) is 28.5 Å². The molecule has 2 N–H and O–H groups in total. The number of carboxylic acids is 1. The van der Waals surface area contributed by atoms with Crippen molar-refractivity contribution in [3.8, 4) is 17.4 Å². The van der Waals surface area contributed by atoms with Crippen LogP contribution >= 0.6 is 23.3 Å². The molecule has 0 fully saturated rings. The SMILES string of the molecule is CC(C)CSc1nsc(NC(=O)/C(C#N)=C\c2ccc(-c3cccc(C(=O)O)c3)o2)n1. The highest BCUT2D eigenvalue weighted by atomic mass is 32.2. The lowest BCUT2D eigenvalue weighted by molar-refractivity contribution is -0.112. The summed E-state index contributed by atoms with van der Waals surface area (Å²) in [4.78, 5) is 27.8. The minimum atomic E-state index is -1.04. The number of rotatable bonds is 8. The van der Waals surface area contributed by atoms with Gasteiger partial charge in [0.05, 0.1) is 5.56 Å². The normalized spacial score (nSPS) is 11.4. The van der Waals surface area contributed by atoms with Gasteiger partial charge in [-0.05, 0) is 30.2 Å². The first-order valence-corrected chi connectivity index (χ1v) is 10.9. The van der Waals surface area contributed by atoms with Crippen molar-refractivity contribution in [1.82, 2.24) is 9.36 Å². The van der Waals surface area contributed by atoms with Crippen LogP contribution in [0.4, 0.5) is 5.13 Å². The second-order valence-electron chi connectivity index (χ2n) is 6.80. The Morgan fingerprint density at radius 1 is 1.35 bits per heavy atom. The predicted molar refractivity (Wildman–Crippen MR) is 119 cm³/mol. The van der Waals surface area contributed by atoms with Crippen LogP contribution in [-0.2, 0) is 4.79 Å². The summed E-state index contributed by atoms with van der Waals surface area (Å²) in [7, 11) is 0. The van der Waals surface area contributed by atoms with Crippen molar-refractivity contribution in [2.45, 2.75) is 19.0 Å². The Morgan fingerprint density at radius 2 is 2.16 bits per heavy atom. The topological polar surface area (TPSA) is 129 Å². The molecular formula is C21H18N4O4S2. The molecule has 1 aromatic carbocycles. The lowest BCUT2D eigenvalue weighted by atomic mass is 10.1. The Bertz CT molecular complexity index is 1170. The molecule has 3 aromatic rings. The summed E-state index contributed by atoms with van der Waals surface area (Å²) in [5.74, 6) is 0.397. The quantitative estimate of drug-likeness (QED) is 0.282. The van der Waals surface area contributed by atoms with Gasteiger partial charge in [0.15, 0.2) is 0 Å². The van der Waals surface area contributed by atoms with Crippen LogP contribution in [0.1, 0.15) is 30.0 Å². The third kappa shape index (κ3) is 6.04. The molecule has 8 nitrogen and oxygen atoms in total. The minimum absolute atomic E-state index is 0.131. The fraction of sp³-hybridized carbons (Fsp3) is 0.190. The van der Waals surface area contributed by atoms with Crippen LogP contribution in [0.25, 0.3) is 17.4 Å². The molecular weight excluding hydrogens is 436 g/mol. The van der Waals surface area contributed by atoms with Crippen LogP contribution in [0, 0.1) is 17.2 Å². The van der Waals surface area contributed by atoms with E-state index in [0.29, 0.717) is 27.5 Å². The molecule has 0 aliphatic carbocycles. The van der Waals surface area contributed by atoms with E-state index in [1.807, 2.05) is 6.07 Å². The average molecular weight is 455 g/mol. The molecule has 0 spiro atoms. The van der Waals surface area contributed by atoms with Crippen molar-refractivity contribution >= 4 is 46.4 Å². The van der Waals surface area contributed by atoms with E-state index < -0.39 is 11.9 Å². The maximum absolute atomic E-state index is 12.4. The molecule has 158 valence electrons. The Balaban J connectivity index is 1.72. The molecule has 31 heavy (non-hydrogen) atoms. The number of nitriles is 1. The highest BCUT2D eigenvalue weighted by Gasteiger charge is 2.15. The molecule has 2 heterocycles. The minimum Gasteiger partial charge on any atom is -0.478 e. The number of hydrogen-bond acceptors (Lipinski definition) is 8. The first-order valence-electron chi connectivity index (χ1n) is 9.19. The predicted octanol–water partition coefficient (Wildman–Crippen LogP) is 4.79. The highest BCUT2D eigenvalue weighted by Crippen LogP contribution is 2.25. The van der Waals surface area contributed by atoms with Gasteiger partial charge in [-0.15, -0.1) is 0 Å². The number of benzene rings is 1. The molecule has 0 saturated heterocycles.